The Morgan fingerprint density at radius 3 is 2.22 bits per heavy atom. The van der Waals surface area contributed by atoms with Crippen molar-refractivity contribution in [3.63, 3.8) is 0 Å². The first-order valence-electron chi connectivity index (χ1n) is 10.4. The fraction of sp³-hybridized carbons (Fsp3) is 0.333. The molecule has 8 heteroatoms. The summed E-state index contributed by atoms with van der Waals surface area (Å²) in [5.74, 6) is -1.67. The molecule has 0 bridgehead atoms. The molecule has 0 spiro atoms. The highest BCUT2D eigenvalue weighted by Crippen LogP contribution is 2.14. The van der Waals surface area contributed by atoms with Gasteiger partial charge in [-0.05, 0) is 63.1 Å². The number of hydrogen-bond donors (Lipinski definition) is 2. The Morgan fingerprint density at radius 1 is 0.875 bits per heavy atom. The Kier molecular flexibility index (Phi) is 9.41. The number of esters is 2. The molecule has 0 unspecified atom stereocenters. The van der Waals surface area contributed by atoms with E-state index in [1.54, 1.807) is 50.2 Å². The average Bonchev–Trinajstić information content (AvgIpc) is 2.74. The number of aryl methyl sites for hydroxylation is 1. The van der Waals surface area contributed by atoms with E-state index in [-0.39, 0.29) is 37.9 Å². The fourth-order valence-corrected chi connectivity index (χ4v) is 2.71. The van der Waals surface area contributed by atoms with Gasteiger partial charge in [0.05, 0.1) is 11.7 Å². The molecule has 0 aliphatic rings. The van der Waals surface area contributed by atoms with Gasteiger partial charge in [0.15, 0.2) is 6.61 Å². The van der Waals surface area contributed by atoms with E-state index in [0.717, 1.165) is 5.56 Å². The Hall–Kier alpha value is -3.68. The molecule has 2 amide bonds. The number of nitrogens with one attached hydrogen (secondary N) is 2. The Labute approximate surface area is 187 Å². The third-order valence-corrected chi connectivity index (χ3v) is 4.32. The molecule has 0 heterocycles. The first-order chi connectivity index (χ1) is 15.2. The first-order valence-corrected chi connectivity index (χ1v) is 10.4. The van der Waals surface area contributed by atoms with E-state index >= 15 is 0 Å². The lowest BCUT2D eigenvalue weighted by Gasteiger charge is -2.09. The van der Waals surface area contributed by atoms with Crippen molar-refractivity contribution in [3.8, 4) is 0 Å². The van der Waals surface area contributed by atoms with Gasteiger partial charge < -0.3 is 20.1 Å². The number of amides is 2. The molecule has 2 rings (SSSR count). The second-order valence-corrected chi connectivity index (χ2v) is 7.46. The maximum Gasteiger partial charge on any atom is 0.338 e. The van der Waals surface area contributed by atoms with E-state index < -0.39 is 17.8 Å². The van der Waals surface area contributed by atoms with E-state index in [1.807, 2.05) is 19.1 Å². The Morgan fingerprint density at radius 2 is 1.56 bits per heavy atom. The highest BCUT2D eigenvalue weighted by atomic mass is 16.5. The zero-order valence-corrected chi connectivity index (χ0v) is 18.5. The van der Waals surface area contributed by atoms with Crippen molar-refractivity contribution in [3.05, 3.63) is 59.7 Å². The molecule has 170 valence electrons. The average molecular weight is 440 g/mol. The van der Waals surface area contributed by atoms with Crippen LogP contribution in [0.2, 0.25) is 0 Å². The lowest BCUT2D eigenvalue weighted by Crippen LogP contribution is -2.21. The number of anilines is 2. The summed E-state index contributed by atoms with van der Waals surface area (Å²) in [6.45, 7) is 5.01. The molecule has 0 aliphatic carbocycles. The molecular weight excluding hydrogens is 412 g/mol. The van der Waals surface area contributed by atoms with E-state index in [4.69, 9.17) is 9.47 Å². The van der Waals surface area contributed by atoms with Gasteiger partial charge in [-0.3, -0.25) is 14.4 Å². The Bertz CT molecular complexity index is 953. The molecule has 32 heavy (non-hydrogen) atoms. The van der Waals surface area contributed by atoms with Crippen molar-refractivity contribution in [2.24, 2.45) is 0 Å². The van der Waals surface area contributed by atoms with Crippen LogP contribution in [0.1, 0.15) is 49.0 Å². The van der Waals surface area contributed by atoms with Crippen molar-refractivity contribution in [1.29, 1.82) is 0 Å². The van der Waals surface area contributed by atoms with Crippen LogP contribution in [0.3, 0.4) is 0 Å². The van der Waals surface area contributed by atoms with Crippen LogP contribution in [0.4, 0.5) is 11.4 Å². The van der Waals surface area contributed by atoms with Gasteiger partial charge in [-0.25, -0.2) is 4.79 Å². The molecule has 2 aromatic carbocycles. The largest absolute Gasteiger partial charge is 0.459 e. The molecule has 0 saturated carbocycles. The predicted molar refractivity (Wildman–Crippen MR) is 120 cm³/mol. The van der Waals surface area contributed by atoms with Crippen molar-refractivity contribution >= 4 is 35.1 Å². The zero-order valence-electron chi connectivity index (χ0n) is 18.5. The van der Waals surface area contributed by atoms with E-state index in [0.29, 0.717) is 16.9 Å². The third-order valence-electron chi connectivity index (χ3n) is 4.32. The van der Waals surface area contributed by atoms with Crippen LogP contribution in [0.5, 0.6) is 0 Å². The summed E-state index contributed by atoms with van der Waals surface area (Å²) in [6.07, 6.45) is 0.200. The molecule has 0 radical (unpaired) electrons. The quantitative estimate of drug-likeness (QED) is 0.543. The maximum atomic E-state index is 12.0. The normalized spacial score (nSPS) is 10.4. The van der Waals surface area contributed by atoms with Crippen molar-refractivity contribution in [2.45, 2.75) is 46.1 Å². The lowest BCUT2D eigenvalue weighted by atomic mass is 10.2. The summed E-state index contributed by atoms with van der Waals surface area (Å²) >= 11 is 0. The first kappa shape index (κ1) is 24.6. The number of para-hydroxylation sites is 1. The summed E-state index contributed by atoms with van der Waals surface area (Å²) in [7, 11) is 0. The minimum atomic E-state index is -0.550. The Balaban J connectivity index is 1.66. The number of carbonyl (C=O) groups excluding carboxylic acids is 4. The van der Waals surface area contributed by atoms with Crippen LogP contribution in [0.15, 0.2) is 48.5 Å². The molecule has 0 fully saturated rings. The highest BCUT2D eigenvalue weighted by Gasteiger charge is 2.12. The molecule has 0 saturated heterocycles. The lowest BCUT2D eigenvalue weighted by molar-refractivity contribution is -0.147. The molecule has 2 aromatic rings. The SMILES string of the molecule is Cc1ccccc1NC(=O)COC(=O)CCCC(=O)Nc1ccc(C(=O)OC(C)C)cc1. The number of carbonyl (C=O) groups is 4. The molecular formula is C24H28N2O6. The number of benzene rings is 2. The van der Waals surface area contributed by atoms with Gasteiger partial charge in [0.2, 0.25) is 5.91 Å². The van der Waals surface area contributed by atoms with Crippen LogP contribution >= 0.6 is 0 Å². The van der Waals surface area contributed by atoms with Gasteiger partial charge in [-0.1, -0.05) is 18.2 Å². The second kappa shape index (κ2) is 12.2. The summed E-state index contributed by atoms with van der Waals surface area (Å²) in [5, 5.41) is 5.38. The van der Waals surface area contributed by atoms with Crippen molar-refractivity contribution in [1.82, 2.24) is 0 Å². The van der Waals surface area contributed by atoms with Crippen molar-refractivity contribution < 1.29 is 28.7 Å². The van der Waals surface area contributed by atoms with Gasteiger partial charge >= 0.3 is 11.9 Å². The van der Waals surface area contributed by atoms with Crippen molar-refractivity contribution in [2.75, 3.05) is 17.2 Å². The molecule has 0 aromatic heterocycles. The van der Waals surface area contributed by atoms with Gasteiger partial charge in [0.1, 0.15) is 0 Å². The van der Waals surface area contributed by atoms with Crippen LogP contribution in [-0.4, -0.2) is 36.5 Å². The van der Waals surface area contributed by atoms with Crippen LogP contribution in [0.25, 0.3) is 0 Å². The summed E-state index contributed by atoms with van der Waals surface area (Å²) in [5.41, 5.74) is 2.50. The second-order valence-electron chi connectivity index (χ2n) is 7.46. The number of hydrogen-bond acceptors (Lipinski definition) is 6. The smallest absolute Gasteiger partial charge is 0.338 e. The summed E-state index contributed by atoms with van der Waals surface area (Å²) in [6, 6.07) is 13.6. The molecule has 8 nitrogen and oxygen atoms in total. The van der Waals surface area contributed by atoms with Gasteiger partial charge in [-0.15, -0.1) is 0 Å². The number of rotatable bonds is 10. The summed E-state index contributed by atoms with van der Waals surface area (Å²) < 4.78 is 10.1. The monoisotopic (exact) mass is 440 g/mol. The van der Waals surface area contributed by atoms with E-state index in [9.17, 15) is 19.2 Å². The topological polar surface area (TPSA) is 111 Å². The predicted octanol–water partition coefficient (Wildman–Crippen LogP) is 3.85. The standard InChI is InChI=1S/C24H28N2O6/c1-16(2)32-24(30)18-11-13-19(14-12-18)25-21(27)9-6-10-23(29)31-15-22(28)26-20-8-5-4-7-17(20)3/h4-5,7-8,11-14,16H,6,9-10,15H2,1-3H3,(H,25,27)(H,26,28). The maximum absolute atomic E-state index is 12.0. The van der Waals surface area contributed by atoms with Crippen LogP contribution in [0, 0.1) is 6.92 Å². The minimum absolute atomic E-state index is 0.0189. The minimum Gasteiger partial charge on any atom is -0.459 e. The third kappa shape index (κ3) is 8.59. The fourth-order valence-electron chi connectivity index (χ4n) is 2.71. The van der Waals surface area contributed by atoms with Gasteiger partial charge in [-0.2, -0.15) is 0 Å². The van der Waals surface area contributed by atoms with Gasteiger partial charge in [0, 0.05) is 24.2 Å². The van der Waals surface area contributed by atoms with E-state index in [1.165, 1.54) is 0 Å². The zero-order chi connectivity index (χ0) is 23.5. The molecule has 0 atom stereocenters. The molecule has 2 N–H and O–H groups in total. The molecule has 0 aliphatic heterocycles. The van der Waals surface area contributed by atoms with Gasteiger partial charge in [0.25, 0.3) is 5.91 Å². The van der Waals surface area contributed by atoms with Crippen LogP contribution in [-0.2, 0) is 23.9 Å². The number of ether oxygens (including phenoxy) is 2. The van der Waals surface area contributed by atoms with Crippen LogP contribution < -0.4 is 10.6 Å². The summed E-state index contributed by atoms with van der Waals surface area (Å²) in [4.78, 5) is 47.6. The van der Waals surface area contributed by atoms with E-state index in [2.05, 4.69) is 10.6 Å². The highest BCUT2D eigenvalue weighted by molar-refractivity contribution is 5.94.